The molecule has 126 valence electrons. The zero-order chi connectivity index (χ0) is 16.2. The van der Waals surface area contributed by atoms with Gasteiger partial charge in [-0.15, -0.1) is 0 Å². The number of hydrogen-bond acceptors (Lipinski definition) is 6. The first-order valence-electron chi connectivity index (χ1n) is 8.48. The van der Waals surface area contributed by atoms with Gasteiger partial charge in [-0.25, -0.2) is 4.98 Å². The lowest BCUT2D eigenvalue weighted by molar-refractivity contribution is -0.129. The Balaban J connectivity index is 1.63. The molecule has 2 aliphatic rings. The molecule has 0 N–H and O–H groups in total. The van der Waals surface area contributed by atoms with Gasteiger partial charge in [-0.05, 0) is 12.6 Å². The van der Waals surface area contributed by atoms with Crippen LogP contribution in [0.3, 0.4) is 0 Å². The molecule has 2 aliphatic heterocycles. The second-order valence-electron chi connectivity index (χ2n) is 6.13. The molecule has 0 radical (unpaired) electrons. The zero-order valence-corrected chi connectivity index (χ0v) is 14.1. The molecule has 0 aliphatic carbocycles. The Morgan fingerprint density at radius 1 is 1.04 bits per heavy atom. The fraction of sp³-hybridized carbons (Fsp3) is 0.688. The number of amides is 1. The highest BCUT2D eigenvalue weighted by Gasteiger charge is 2.22. The molecule has 1 aromatic rings. The normalized spacial score (nSPS) is 20.0. The molecule has 3 rings (SSSR count). The van der Waals surface area contributed by atoms with Gasteiger partial charge in [-0.1, -0.05) is 6.92 Å². The summed E-state index contributed by atoms with van der Waals surface area (Å²) in [5.41, 5.74) is 0. The van der Waals surface area contributed by atoms with Gasteiger partial charge in [0.1, 0.15) is 5.82 Å². The summed E-state index contributed by atoms with van der Waals surface area (Å²) in [6.45, 7) is 12.3. The minimum Gasteiger partial charge on any atom is -0.354 e. The summed E-state index contributed by atoms with van der Waals surface area (Å²) >= 11 is 0. The van der Waals surface area contributed by atoms with Crippen LogP contribution >= 0.6 is 0 Å². The zero-order valence-electron chi connectivity index (χ0n) is 14.1. The van der Waals surface area contributed by atoms with Crippen LogP contribution < -0.4 is 9.80 Å². The summed E-state index contributed by atoms with van der Waals surface area (Å²) in [5.74, 6) is 1.94. The highest BCUT2D eigenvalue weighted by Crippen LogP contribution is 2.18. The summed E-state index contributed by atoms with van der Waals surface area (Å²) in [7, 11) is 0. The average molecular weight is 318 g/mol. The third kappa shape index (κ3) is 3.72. The lowest BCUT2D eigenvalue weighted by atomic mass is 10.3. The van der Waals surface area contributed by atoms with Gasteiger partial charge >= 0.3 is 0 Å². The molecule has 0 bridgehead atoms. The number of piperazine rings is 2. The number of nitrogens with zero attached hydrogens (tertiary/aromatic N) is 6. The molecule has 0 atom stereocenters. The van der Waals surface area contributed by atoms with Crippen molar-refractivity contribution in [3.8, 4) is 0 Å². The molecule has 1 aromatic heterocycles. The van der Waals surface area contributed by atoms with Crippen LogP contribution in [-0.4, -0.2) is 84.6 Å². The standard InChI is InChI=1S/C16H26N6O/c1-3-19-6-8-21(9-7-19)15-4-5-17-16(18-15)22-12-10-20(11-13-22)14(2)23/h4-5H,3,6-13H2,1-2H3. The molecule has 0 aromatic carbocycles. The van der Waals surface area contributed by atoms with Crippen molar-refractivity contribution in [2.24, 2.45) is 0 Å². The van der Waals surface area contributed by atoms with Crippen LogP contribution in [0.4, 0.5) is 11.8 Å². The number of anilines is 2. The largest absolute Gasteiger partial charge is 0.354 e. The van der Waals surface area contributed by atoms with Crippen molar-refractivity contribution in [2.45, 2.75) is 13.8 Å². The maximum atomic E-state index is 11.4. The van der Waals surface area contributed by atoms with E-state index >= 15 is 0 Å². The maximum absolute atomic E-state index is 11.4. The van der Waals surface area contributed by atoms with E-state index in [9.17, 15) is 4.79 Å². The Bertz CT molecular complexity index is 535. The van der Waals surface area contributed by atoms with E-state index in [2.05, 4.69) is 26.6 Å². The Labute approximate surface area is 137 Å². The first-order valence-corrected chi connectivity index (χ1v) is 8.48. The van der Waals surface area contributed by atoms with Crippen molar-refractivity contribution in [3.05, 3.63) is 12.3 Å². The Hall–Kier alpha value is -1.89. The van der Waals surface area contributed by atoms with Crippen LogP contribution in [0, 0.1) is 0 Å². The predicted octanol–water partition coefficient (Wildman–Crippen LogP) is 0.287. The van der Waals surface area contributed by atoms with Crippen molar-refractivity contribution in [1.29, 1.82) is 0 Å². The van der Waals surface area contributed by atoms with Gasteiger partial charge in [0.2, 0.25) is 11.9 Å². The van der Waals surface area contributed by atoms with E-state index in [1.54, 1.807) is 6.92 Å². The number of carbonyl (C=O) groups is 1. The summed E-state index contributed by atoms with van der Waals surface area (Å²) in [6.07, 6.45) is 1.85. The second-order valence-corrected chi connectivity index (χ2v) is 6.13. The van der Waals surface area contributed by atoms with Gasteiger partial charge in [0.05, 0.1) is 0 Å². The highest BCUT2D eigenvalue weighted by atomic mass is 16.2. The summed E-state index contributed by atoms with van der Waals surface area (Å²) in [5, 5.41) is 0. The SMILES string of the molecule is CCN1CCN(c2ccnc(N3CCN(C(C)=O)CC3)n2)CC1. The molecule has 7 nitrogen and oxygen atoms in total. The van der Waals surface area contributed by atoms with Crippen LogP contribution in [0.15, 0.2) is 12.3 Å². The van der Waals surface area contributed by atoms with E-state index in [0.717, 1.165) is 70.7 Å². The Kier molecular flexibility index (Phi) is 4.95. The van der Waals surface area contributed by atoms with E-state index < -0.39 is 0 Å². The minimum atomic E-state index is 0.146. The van der Waals surface area contributed by atoms with Crippen LogP contribution in [-0.2, 0) is 4.79 Å². The van der Waals surface area contributed by atoms with E-state index in [1.165, 1.54) is 0 Å². The van der Waals surface area contributed by atoms with Crippen molar-refractivity contribution < 1.29 is 4.79 Å². The predicted molar refractivity (Wildman–Crippen MR) is 90.8 cm³/mol. The van der Waals surface area contributed by atoms with Crippen molar-refractivity contribution in [1.82, 2.24) is 19.8 Å². The number of aromatic nitrogens is 2. The van der Waals surface area contributed by atoms with Crippen LogP contribution in [0.5, 0.6) is 0 Å². The summed E-state index contributed by atoms with van der Waals surface area (Å²) < 4.78 is 0. The minimum absolute atomic E-state index is 0.146. The molecule has 7 heteroatoms. The van der Waals surface area contributed by atoms with Gasteiger partial charge in [0.15, 0.2) is 0 Å². The number of likely N-dealkylation sites (N-methyl/N-ethyl adjacent to an activating group) is 1. The molecular weight excluding hydrogens is 292 g/mol. The molecule has 0 unspecified atom stereocenters. The topological polar surface area (TPSA) is 55.8 Å². The molecule has 0 saturated carbocycles. The lowest BCUT2D eigenvalue weighted by Gasteiger charge is -2.36. The van der Waals surface area contributed by atoms with Crippen LogP contribution in [0.2, 0.25) is 0 Å². The lowest BCUT2D eigenvalue weighted by Crippen LogP contribution is -2.49. The molecule has 0 spiro atoms. The number of carbonyl (C=O) groups excluding carboxylic acids is 1. The first kappa shape index (κ1) is 16.0. The fourth-order valence-corrected chi connectivity index (χ4v) is 3.18. The van der Waals surface area contributed by atoms with Crippen LogP contribution in [0.1, 0.15) is 13.8 Å². The molecule has 3 heterocycles. The first-order chi connectivity index (χ1) is 11.2. The summed E-state index contributed by atoms with van der Waals surface area (Å²) in [6, 6.07) is 2.00. The van der Waals surface area contributed by atoms with Gasteiger partial charge in [-0.3, -0.25) is 4.79 Å². The van der Waals surface area contributed by atoms with Gasteiger partial charge in [-0.2, -0.15) is 4.98 Å². The summed E-state index contributed by atoms with van der Waals surface area (Å²) in [4.78, 5) is 29.5. The third-order valence-corrected chi connectivity index (χ3v) is 4.78. The average Bonchev–Trinajstić information content (AvgIpc) is 2.62. The monoisotopic (exact) mass is 318 g/mol. The van der Waals surface area contributed by atoms with E-state index in [0.29, 0.717) is 0 Å². The molecular formula is C16H26N6O. The smallest absolute Gasteiger partial charge is 0.227 e. The Morgan fingerprint density at radius 3 is 2.30 bits per heavy atom. The second kappa shape index (κ2) is 7.12. The quantitative estimate of drug-likeness (QED) is 0.798. The number of rotatable bonds is 3. The van der Waals surface area contributed by atoms with Gasteiger partial charge in [0.25, 0.3) is 0 Å². The molecule has 2 saturated heterocycles. The molecule has 2 fully saturated rings. The van der Waals surface area contributed by atoms with Crippen LogP contribution in [0.25, 0.3) is 0 Å². The Morgan fingerprint density at radius 2 is 1.70 bits per heavy atom. The van der Waals surface area contributed by atoms with Gasteiger partial charge in [0, 0.05) is 65.5 Å². The van der Waals surface area contributed by atoms with Crippen molar-refractivity contribution in [2.75, 3.05) is 68.7 Å². The fourth-order valence-electron chi connectivity index (χ4n) is 3.18. The maximum Gasteiger partial charge on any atom is 0.227 e. The van der Waals surface area contributed by atoms with Crippen molar-refractivity contribution >= 4 is 17.7 Å². The van der Waals surface area contributed by atoms with Gasteiger partial charge < -0.3 is 19.6 Å². The highest BCUT2D eigenvalue weighted by molar-refractivity contribution is 5.73. The number of hydrogen-bond donors (Lipinski definition) is 0. The molecule has 1 amide bonds. The van der Waals surface area contributed by atoms with E-state index in [-0.39, 0.29) is 5.91 Å². The molecule has 23 heavy (non-hydrogen) atoms. The third-order valence-electron chi connectivity index (χ3n) is 4.78. The van der Waals surface area contributed by atoms with E-state index in [1.807, 2.05) is 17.2 Å². The van der Waals surface area contributed by atoms with Crippen molar-refractivity contribution in [3.63, 3.8) is 0 Å². The van der Waals surface area contributed by atoms with E-state index in [4.69, 9.17) is 4.98 Å².